The number of aromatic nitrogens is 1. The Hall–Kier alpha value is -3.41. The van der Waals surface area contributed by atoms with E-state index in [-0.39, 0.29) is 12.5 Å². The fourth-order valence-electron chi connectivity index (χ4n) is 2.52. The molecular formula is C20H18N2O4. The molecule has 0 aliphatic heterocycles. The van der Waals surface area contributed by atoms with Crippen molar-refractivity contribution in [3.63, 3.8) is 0 Å². The molecule has 1 aromatic heterocycles. The minimum Gasteiger partial charge on any atom is -0.481 e. The van der Waals surface area contributed by atoms with E-state index in [0.717, 1.165) is 10.9 Å². The van der Waals surface area contributed by atoms with Crippen molar-refractivity contribution in [3.05, 3.63) is 65.9 Å². The Kier molecular flexibility index (Phi) is 5.12. The highest BCUT2D eigenvalue weighted by atomic mass is 16.5. The lowest BCUT2D eigenvalue weighted by Gasteiger charge is -2.11. The number of esters is 1. The normalized spacial score (nSPS) is 10.4. The van der Waals surface area contributed by atoms with Crippen LogP contribution in [-0.2, 0) is 9.53 Å². The molecule has 2 aromatic carbocycles. The van der Waals surface area contributed by atoms with Gasteiger partial charge in [0.15, 0.2) is 6.61 Å². The number of hydrogen-bond donors (Lipinski definition) is 1. The molecule has 0 atom stereocenters. The lowest BCUT2D eigenvalue weighted by Crippen LogP contribution is -2.21. The van der Waals surface area contributed by atoms with Gasteiger partial charge >= 0.3 is 5.97 Å². The zero-order valence-corrected chi connectivity index (χ0v) is 14.5. The highest BCUT2D eigenvalue weighted by Gasteiger charge is 2.11. The third kappa shape index (κ3) is 3.80. The molecule has 132 valence electrons. The number of pyridine rings is 1. The van der Waals surface area contributed by atoms with E-state index in [1.807, 2.05) is 31.2 Å². The van der Waals surface area contributed by atoms with Crippen LogP contribution < -0.4 is 10.1 Å². The molecule has 6 nitrogen and oxygen atoms in total. The molecular weight excluding hydrogens is 332 g/mol. The molecule has 0 unspecified atom stereocenters. The summed E-state index contributed by atoms with van der Waals surface area (Å²) in [5.74, 6) is -0.250. The summed E-state index contributed by atoms with van der Waals surface area (Å²) in [6, 6.07) is 14.3. The fraction of sp³-hybridized carbons (Fsp3) is 0.150. The van der Waals surface area contributed by atoms with Crippen LogP contribution in [0.1, 0.15) is 15.9 Å². The number of nitrogens with zero attached hydrogens (tertiary/aromatic N) is 1. The maximum absolute atomic E-state index is 12.3. The van der Waals surface area contributed by atoms with Gasteiger partial charge in [-0.2, -0.15) is 0 Å². The van der Waals surface area contributed by atoms with Gasteiger partial charge in [0.25, 0.3) is 5.91 Å². The SMILES string of the molecule is COC(=O)c1ccc(C)c(NC(=O)COc2cccc3cccnc23)c1. The number of ether oxygens (including phenoxy) is 2. The molecule has 0 aliphatic carbocycles. The summed E-state index contributed by atoms with van der Waals surface area (Å²) >= 11 is 0. The van der Waals surface area contributed by atoms with Gasteiger partial charge in [0.05, 0.1) is 12.7 Å². The summed E-state index contributed by atoms with van der Waals surface area (Å²) in [5.41, 5.74) is 2.44. The van der Waals surface area contributed by atoms with Gasteiger partial charge in [-0.1, -0.05) is 24.3 Å². The molecule has 0 aliphatic rings. The molecule has 1 amide bonds. The Morgan fingerprint density at radius 2 is 1.92 bits per heavy atom. The van der Waals surface area contributed by atoms with E-state index in [2.05, 4.69) is 10.3 Å². The van der Waals surface area contributed by atoms with Gasteiger partial charge in [0.1, 0.15) is 11.3 Å². The van der Waals surface area contributed by atoms with E-state index in [9.17, 15) is 9.59 Å². The molecule has 0 bridgehead atoms. The van der Waals surface area contributed by atoms with Crippen molar-refractivity contribution in [1.82, 2.24) is 4.98 Å². The number of benzene rings is 2. The second kappa shape index (κ2) is 7.65. The maximum Gasteiger partial charge on any atom is 0.337 e. The van der Waals surface area contributed by atoms with Crippen LogP contribution in [0.3, 0.4) is 0 Å². The molecule has 26 heavy (non-hydrogen) atoms. The summed E-state index contributed by atoms with van der Waals surface area (Å²) in [7, 11) is 1.31. The lowest BCUT2D eigenvalue weighted by atomic mass is 10.1. The zero-order valence-electron chi connectivity index (χ0n) is 14.5. The average molecular weight is 350 g/mol. The summed E-state index contributed by atoms with van der Waals surface area (Å²) < 4.78 is 10.3. The van der Waals surface area contributed by atoms with Gasteiger partial charge in [0.2, 0.25) is 0 Å². The fourth-order valence-corrected chi connectivity index (χ4v) is 2.52. The molecule has 3 rings (SSSR count). The van der Waals surface area contributed by atoms with E-state index < -0.39 is 5.97 Å². The third-order valence-corrected chi connectivity index (χ3v) is 3.89. The van der Waals surface area contributed by atoms with Crippen LogP contribution in [0.5, 0.6) is 5.75 Å². The summed E-state index contributed by atoms with van der Waals surface area (Å²) in [6.45, 7) is 1.67. The molecule has 1 N–H and O–H groups in total. The van der Waals surface area contributed by atoms with Gasteiger partial charge < -0.3 is 14.8 Å². The van der Waals surface area contributed by atoms with Gasteiger partial charge in [-0.25, -0.2) is 4.79 Å². The molecule has 0 radical (unpaired) electrons. The van der Waals surface area contributed by atoms with Crippen LogP contribution >= 0.6 is 0 Å². The van der Waals surface area contributed by atoms with Crippen LogP contribution in [-0.4, -0.2) is 30.6 Å². The van der Waals surface area contributed by atoms with Gasteiger partial charge in [-0.15, -0.1) is 0 Å². The van der Waals surface area contributed by atoms with Crippen LogP contribution in [0.25, 0.3) is 10.9 Å². The first-order valence-electron chi connectivity index (χ1n) is 8.04. The van der Waals surface area contributed by atoms with Crippen molar-refractivity contribution in [3.8, 4) is 5.75 Å². The maximum atomic E-state index is 12.3. The Labute approximate surface area is 150 Å². The van der Waals surface area contributed by atoms with Gasteiger partial charge in [-0.05, 0) is 36.8 Å². The summed E-state index contributed by atoms with van der Waals surface area (Å²) in [6.07, 6.45) is 1.68. The number of fused-ring (bicyclic) bond motifs is 1. The number of methoxy groups -OCH3 is 1. The van der Waals surface area contributed by atoms with Crippen molar-refractivity contribution < 1.29 is 19.1 Å². The second-order valence-electron chi connectivity index (χ2n) is 5.69. The largest absolute Gasteiger partial charge is 0.481 e. The molecule has 3 aromatic rings. The topological polar surface area (TPSA) is 77.5 Å². The Morgan fingerprint density at radius 1 is 1.12 bits per heavy atom. The van der Waals surface area contributed by atoms with E-state index in [1.165, 1.54) is 7.11 Å². The van der Waals surface area contributed by atoms with Crippen molar-refractivity contribution in [2.75, 3.05) is 19.0 Å². The first kappa shape index (κ1) is 17.4. The van der Waals surface area contributed by atoms with Crippen LogP contribution in [0, 0.1) is 6.92 Å². The average Bonchev–Trinajstić information content (AvgIpc) is 2.67. The second-order valence-corrected chi connectivity index (χ2v) is 5.69. The summed E-state index contributed by atoms with van der Waals surface area (Å²) in [5, 5.41) is 3.69. The number of nitrogens with one attached hydrogen (secondary N) is 1. The van der Waals surface area contributed by atoms with Crippen LogP contribution in [0.2, 0.25) is 0 Å². The Balaban J connectivity index is 1.70. The van der Waals surface area contributed by atoms with Crippen molar-refractivity contribution in [1.29, 1.82) is 0 Å². The first-order valence-corrected chi connectivity index (χ1v) is 8.04. The van der Waals surface area contributed by atoms with Crippen LogP contribution in [0.4, 0.5) is 5.69 Å². The minimum atomic E-state index is -0.460. The van der Waals surface area contributed by atoms with Crippen molar-refractivity contribution in [2.45, 2.75) is 6.92 Å². The molecule has 0 saturated heterocycles. The molecule has 0 saturated carbocycles. The summed E-state index contributed by atoms with van der Waals surface area (Å²) in [4.78, 5) is 28.2. The molecule has 1 heterocycles. The predicted octanol–water partition coefficient (Wildman–Crippen LogP) is 3.35. The number of anilines is 1. The Morgan fingerprint density at radius 3 is 2.73 bits per heavy atom. The molecule has 0 spiro atoms. The zero-order chi connectivity index (χ0) is 18.5. The van der Waals surface area contributed by atoms with E-state index in [0.29, 0.717) is 22.5 Å². The van der Waals surface area contributed by atoms with E-state index in [4.69, 9.17) is 9.47 Å². The van der Waals surface area contributed by atoms with Crippen molar-refractivity contribution in [2.24, 2.45) is 0 Å². The van der Waals surface area contributed by atoms with Crippen molar-refractivity contribution >= 4 is 28.5 Å². The molecule has 6 heteroatoms. The highest BCUT2D eigenvalue weighted by molar-refractivity contribution is 5.96. The first-order chi connectivity index (χ1) is 12.6. The van der Waals surface area contributed by atoms with E-state index in [1.54, 1.807) is 30.5 Å². The number of carbonyl (C=O) groups is 2. The number of hydrogen-bond acceptors (Lipinski definition) is 5. The Bertz CT molecular complexity index is 964. The van der Waals surface area contributed by atoms with Gasteiger partial charge in [0, 0.05) is 17.3 Å². The number of carbonyl (C=O) groups excluding carboxylic acids is 2. The monoisotopic (exact) mass is 350 g/mol. The smallest absolute Gasteiger partial charge is 0.337 e. The quantitative estimate of drug-likeness (QED) is 0.714. The third-order valence-electron chi connectivity index (χ3n) is 3.89. The van der Waals surface area contributed by atoms with Crippen LogP contribution in [0.15, 0.2) is 54.7 Å². The molecule has 0 fully saturated rings. The van der Waals surface area contributed by atoms with Gasteiger partial charge in [-0.3, -0.25) is 9.78 Å². The number of amides is 1. The lowest BCUT2D eigenvalue weighted by molar-refractivity contribution is -0.118. The standard InChI is InChI=1S/C20H18N2O4/c1-13-8-9-15(20(24)25-2)11-16(13)22-18(23)12-26-17-7-3-5-14-6-4-10-21-19(14)17/h3-11H,12H2,1-2H3,(H,22,23). The number of aryl methyl sites for hydroxylation is 1. The van der Waals surface area contributed by atoms with E-state index >= 15 is 0 Å². The predicted molar refractivity (Wildman–Crippen MR) is 98.4 cm³/mol. The number of rotatable bonds is 5. The minimum absolute atomic E-state index is 0.169. The highest BCUT2D eigenvalue weighted by Crippen LogP contribution is 2.23. The number of para-hydroxylation sites is 1.